The summed E-state index contributed by atoms with van der Waals surface area (Å²) in [5.74, 6) is 0. The molecule has 2 heterocycles. The maximum Gasteiger partial charge on any atom is 0.216 e. The van der Waals surface area contributed by atoms with E-state index in [4.69, 9.17) is 0 Å². The Morgan fingerprint density at radius 3 is 2.65 bits per heavy atom. The van der Waals surface area contributed by atoms with Crippen LogP contribution in [-0.4, -0.2) is 18.6 Å². The minimum absolute atomic E-state index is 0.317. The quantitative estimate of drug-likeness (QED) is 0.773. The second-order valence-corrected chi connectivity index (χ2v) is 6.77. The molecule has 86 valence electrons. The zero-order valence-corrected chi connectivity index (χ0v) is 10.3. The fourth-order valence-corrected chi connectivity index (χ4v) is 4.30. The highest BCUT2D eigenvalue weighted by molar-refractivity contribution is 7.93. The van der Waals surface area contributed by atoms with Crippen LogP contribution in [0, 0.1) is 0 Å². The van der Waals surface area contributed by atoms with E-state index in [0.717, 1.165) is 10.2 Å². The van der Waals surface area contributed by atoms with Crippen molar-refractivity contribution in [3.8, 4) is 0 Å². The molecule has 17 heavy (non-hydrogen) atoms. The van der Waals surface area contributed by atoms with Gasteiger partial charge in [0.25, 0.3) is 0 Å². The lowest BCUT2D eigenvalue weighted by molar-refractivity contribution is 0.598. The summed E-state index contributed by atoms with van der Waals surface area (Å²) in [7, 11) is -3.40. The van der Waals surface area contributed by atoms with Gasteiger partial charge in [-0.1, -0.05) is 18.2 Å². The lowest BCUT2D eigenvalue weighted by atomic mass is 10.4. The molecule has 0 aliphatic heterocycles. The monoisotopic (exact) mass is 264 g/mol. The van der Waals surface area contributed by atoms with E-state index in [1.165, 1.54) is 11.3 Å². The number of hydrogen-bond acceptors (Lipinski definition) is 4. The lowest BCUT2D eigenvalue weighted by Gasteiger charge is -1.99. The van der Waals surface area contributed by atoms with Crippen molar-refractivity contribution in [1.29, 1.82) is 0 Å². The molecule has 0 radical (unpaired) electrons. The van der Waals surface area contributed by atoms with Crippen LogP contribution in [0.3, 0.4) is 0 Å². The third-order valence-electron chi connectivity index (χ3n) is 2.43. The average Bonchev–Trinajstić information content (AvgIpc) is 2.90. The molecule has 3 aromatic rings. The number of aromatic nitrogens is 2. The van der Waals surface area contributed by atoms with E-state index in [1.807, 2.05) is 0 Å². The Bertz CT molecular complexity index is 728. The number of benzene rings is 1. The van der Waals surface area contributed by atoms with Crippen molar-refractivity contribution in [3.05, 3.63) is 42.6 Å². The van der Waals surface area contributed by atoms with Gasteiger partial charge in [0.15, 0.2) is 0 Å². The molecule has 3 rings (SSSR count). The van der Waals surface area contributed by atoms with Gasteiger partial charge in [-0.2, -0.15) is 5.10 Å². The minimum Gasteiger partial charge on any atom is -0.268 e. The van der Waals surface area contributed by atoms with Crippen molar-refractivity contribution in [2.24, 2.45) is 0 Å². The van der Waals surface area contributed by atoms with Crippen LogP contribution in [0.1, 0.15) is 0 Å². The molecule has 0 aliphatic carbocycles. The van der Waals surface area contributed by atoms with Crippen molar-refractivity contribution in [2.75, 3.05) is 0 Å². The van der Waals surface area contributed by atoms with E-state index in [0.29, 0.717) is 9.10 Å². The molecule has 0 spiro atoms. The summed E-state index contributed by atoms with van der Waals surface area (Å²) in [5, 5.41) is 7.44. The maximum atomic E-state index is 12.3. The van der Waals surface area contributed by atoms with E-state index < -0.39 is 9.84 Å². The van der Waals surface area contributed by atoms with Gasteiger partial charge in [0, 0.05) is 5.39 Å². The molecule has 4 nitrogen and oxygen atoms in total. The van der Waals surface area contributed by atoms with Gasteiger partial charge in [-0.15, -0.1) is 11.3 Å². The van der Waals surface area contributed by atoms with Crippen molar-refractivity contribution in [3.63, 3.8) is 0 Å². The topological polar surface area (TPSA) is 62.8 Å². The fourth-order valence-electron chi connectivity index (χ4n) is 1.57. The van der Waals surface area contributed by atoms with Gasteiger partial charge in [0.2, 0.25) is 9.84 Å². The molecule has 0 bridgehead atoms. The van der Waals surface area contributed by atoms with Crippen LogP contribution in [0.2, 0.25) is 0 Å². The van der Waals surface area contributed by atoms with Crippen molar-refractivity contribution < 1.29 is 8.42 Å². The Kier molecular flexibility index (Phi) is 2.27. The highest BCUT2D eigenvalue weighted by atomic mass is 32.2. The van der Waals surface area contributed by atoms with Gasteiger partial charge in [0.05, 0.1) is 11.1 Å². The highest BCUT2D eigenvalue weighted by Crippen LogP contribution is 2.31. The summed E-state index contributed by atoms with van der Waals surface area (Å²) >= 11 is 1.20. The zero-order valence-electron chi connectivity index (χ0n) is 8.62. The Morgan fingerprint density at radius 2 is 1.94 bits per heavy atom. The number of sulfone groups is 1. The number of H-pyrrole nitrogens is 1. The zero-order chi connectivity index (χ0) is 11.9. The minimum atomic E-state index is -3.40. The molecule has 0 amide bonds. The predicted molar refractivity (Wildman–Crippen MR) is 65.9 cm³/mol. The Labute approximate surface area is 102 Å². The summed E-state index contributed by atoms with van der Waals surface area (Å²) in [5.41, 5.74) is 0. The molecule has 0 saturated heterocycles. The number of nitrogens with zero attached hydrogens (tertiary/aromatic N) is 1. The number of hydrogen-bond donors (Lipinski definition) is 1. The van der Waals surface area contributed by atoms with Crippen LogP contribution in [0.25, 0.3) is 10.2 Å². The van der Waals surface area contributed by atoms with Crippen molar-refractivity contribution in [1.82, 2.24) is 10.2 Å². The number of fused-ring (bicyclic) bond motifs is 1. The van der Waals surface area contributed by atoms with E-state index in [2.05, 4.69) is 10.2 Å². The van der Waals surface area contributed by atoms with Gasteiger partial charge >= 0.3 is 0 Å². The smallest absolute Gasteiger partial charge is 0.216 e. The summed E-state index contributed by atoms with van der Waals surface area (Å²) in [6.07, 6.45) is 1.62. The first kappa shape index (κ1) is 10.5. The molecule has 6 heteroatoms. The summed E-state index contributed by atoms with van der Waals surface area (Å²) < 4.78 is 24.9. The molecule has 0 aliphatic rings. The maximum absolute atomic E-state index is 12.3. The normalized spacial score (nSPS) is 12.0. The molecule has 1 N–H and O–H groups in total. The van der Waals surface area contributed by atoms with Gasteiger partial charge in [-0.05, 0) is 18.2 Å². The number of thiophene rings is 1. The highest BCUT2D eigenvalue weighted by Gasteiger charge is 2.20. The van der Waals surface area contributed by atoms with E-state index in [1.54, 1.807) is 42.6 Å². The Morgan fingerprint density at radius 1 is 1.18 bits per heavy atom. The van der Waals surface area contributed by atoms with E-state index in [9.17, 15) is 8.42 Å². The summed E-state index contributed by atoms with van der Waals surface area (Å²) in [4.78, 5) is 1.09. The largest absolute Gasteiger partial charge is 0.268 e. The van der Waals surface area contributed by atoms with Crippen LogP contribution in [0.5, 0.6) is 0 Å². The predicted octanol–water partition coefficient (Wildman–Crippen LogP) is 2.46. The standard InChI is InChI=1S/C11H8N2O2S2/c14-17(15,9-4-2-1-3-5-9)10-6-8-7-12-13-11(8)16-10/h1-7H,(H,12,13). The van der Waals surface area contributed by atoms with E-state index >= 15 is 0 Å². The summed E-state index contributed by atoms with van der Waals surface area (Å²) in [6.45, 7) is 0. The van der Waals surface area contributed by atoms with Gasteiger partial charge in [-0.25, -0.2) is 8.42 Å². The van der Waals surface area contributed by atoms with Gasteiger partial charge in [-0.3, -0.25) is 5.10 Å². The molecule has 0 saturated carbocycles. The lowest BCUT2D eigenvalue weighted by Crippen LogP contribution is -1.98. The van der Waals surface area contributed by atoms with Crippen molar-refractivity contribution in [2.45, 2.75) is 9.10 Å². The first-order valence-electron chi connectivity index (χ1n) is 4.91. The first-order chi connectivity index (χ1) is 8.18. The number of aromatic amines is 1. The molecule has 0 fully saturated rings. The number of nitrogens with one attached hydrogen (secondary N) is 1. The molecule has 0 atom stereocenters. The SMILES string of the molecule is O=S(=O)(c1ccccc1)c1cc2cn[nH]c2s1. The Hall–Kier alpha value is -1.66. The molecule has 0 unspecified atom stereocenters. The van der Waals surface area contributed by atoms with E-state index in [-0.39, 0.29) is 0 Å². The van der Waals surface area contributed by atoms with Gasteiger partial charge in [0.1, 0.15) is 9.04 Å². The summed E-state index contributed by atoms with van der Waals surface area (Å²) in [6, 6.07) is 10.1. The third-order valence-corrected chi connectivity index (χ3v) is 5.73. The third kappa shape index (κ3) is 1.65. The van der Waals surface area contributed by atoms with Gasteiger partial charge < -0.3 is 0 Å². The fraction of sp³-hybridized carbons (Fsp3) is 0. The second-order valence-electron chi connectivity index (χ2n) is 3.54. The first-order valence-corrected chi connectivity index (χ1v) is 7.21. The molecule has 2 aromatic heterocycles. The molecular formula is C11H8N2O2S2. The molecule has 1 aromatic carbocycles. The van der Waals surface area contributed by atoms with Crippen LogP contribution >= 0.6 is 11.3 Å². The van der Waals surface area contributed by atoms with Crippen LogP contribution < -0.4 is 0 Å². The van der Waals surface area contributed by atoms with Crippen LogP contribution in [-0.2, 0) is 9.84 Å². The van der Waals surface area contributed by atoms with Crippen molar-refractivity contribution >= 4 is 31.4 Å². The van der Waals surface area contributed by atoms with Crippen LogP contribution in [0.15, 0.2) is 51.7 Å². The average molecular weight is 264 g/mol. The Balaban J connectivity index is 2.19. The number of rotatable bonds is 2. The molecular weight excluding hydrogens is 256 g/mol. The second kappa shape index (κ2) is 3.68. The van der Waals surface area contributed by atoms with Crippen LogP contribution in [0.4, 0.5) is 0 Å².